The van der Waals surface area contributed by atoms with E-state index in [0.29, 0.717) is 18.6 Å². The summed E-state index contributed by atoms with van der Waals surface area (Å²) in [7, 11) is 1.59. The van der Waals surface area contributed by atoms with E-state index in [-0.39, 0.29) is 0 Å². The highest BCUT2D eigenvalue weighted by Gasteiger charge is 2.01. The van der Waals surface area contributed by atoms with Crippen LogP contribution in [-0.2, 0) is 11.3 Å². The Labute approximate surface area is 78.9 Å². The second-order valence-electron chi connectivity index (χ2n) is 2.22. The van der Waals surface area contributed by atoms with Gasteiger partial charge in [0, 0.05) is 11.6 Å². The molecular formula is C8H8BrNO2. The van der Waals surface area contributed by atoms with Crippen molar-refractivity contribution in [2.75, 3.05) is 7.11 Å². The lowest BCUT2D eigenvalue weighted by atomic mass is 10.3. The average molecular weight is 230 g/mol. The van der Waals surface area contributed by atoms with Crippen molar-refractivity contribution >= 4 is 22.2 Å². The lowest BCUT2D eigenvalue weighted by Gasteiger charge is -2.01. The number of methoxy groups -OCH3 is 1. The first-order valence-corrected chi connectivity index (χ1v) is 4.16. The van der Waals surface area contributed by atoms with Gasteiger partial charge in [0.2, 0.25) is 0 Å². The Morgan fingerprint density at radius 3 is 3.00 bits per heavy atom. The van der Waals surface area contributed by atoms with Crippen molar-refractivity contribution in [3.63, 3.8) is 0 Å². The number of nitrogens with zero attached hydrogens (tertiary/aromatic N) is 1. The van der Waals surface area contributed by atoms with Crippen LogP contribution in [0.2, 0.25) is 0 Å². The van der Waals surface area contributed by atoms with Gasteiger partial charge < -0.3 is 4.74 Å². The van der Waals surface area contributed by atoms with E-state index in [1.165, 1.54) is 0 Å². The summed E-state index contributed by atoms with van der Waals surface area (Å²) in [6.07, 6.45) is 0.714. The molecule has 1 rings (SSSR count). The van der Waals surface area contributed by atoms with E-state index in [4.69, 9.17) is 4.74 Å². The minimum Gasteiger partial charge on any atom is -0.378 e. The Hall–Kier alpha value is -0.740. The number of rotatable bonds is 3. The van der Waals surface area contributed by atoms with E-state index >= 15 is 0 Å². The molecule has 64 valence electrons. The Bertz CT molecular complexity index is 288. The highest BCUT2D eigenvalue weighted by molar-refractivity contribution is 9.10. The molecule has 0 saturated carbocycles. The van der Waals surface area contributed by atoms with Gasteiger partial charge in [-0.25, -0.2) is 4.98 Å². The van der Waals surface area contributed by atoms with Crippen molar-refractivity contribution in [3.05, 3.63) is 28.0 Å². The van der Waals surface area contributed by atoms with Crippen LogP contribution in [-0.4, -0.2) is 18.4 Å². The summed E-state index contributed by atoms with van der Waals surface area (Å²) in [6.45, 7) is 0.405. The number of halogens is 1. The van der Waals surface area contributed by atoms with Crippen LogP contribution in [0.15, 0.2) is 16.6 Å². The molecule has 0 N–H and O–H groups in total. The highest BCUT2D eigenvalue weighted by atomic mass is 79.9. The third kappa shape index (κ3) is 2.12. The maximum atomic E-state index is 10.4. The summed E-state index contributed by atoms with van der Waals surface area (Å²) in [4.78, 5) is 14.4. The van der Waals surface area contributed by atoms with E-state index in [0.717, 1.165) is 10.2 Å². The SMILES string of the molecule is COCc1nc(C=O)ccc1Br. The van der Waals surface area contributed by atoms with Crippen molar-refractivity contribution in [1.82, 2.24) is 4.98 Å². The molecule has 1 aromatic rings. The quantitative estimate of drug-likeness (QED) is 0.743. The summed E-state index contributed by atoms with van der Waals surface area (Å²) in [5.74, 6) is 0. The number of hydrogen-bond acceptors (Lipinski definition) is 3. The second kappa shape index (κ2) is 4.33. The predicted molar refractivity (Wildman–Crippen MR) is 48.0 cm³/mol. The van der Waals surface area contributed by atoms with Crippen molar-refractivity contribution in [1.29, 1.82) is 0 Å². The fraction of sp³-hybridized carbons (Fsp3) is 0.250. The fourth-order valence-corrected chi connectivity index (χ4v) is 1.14. The maximum absolute atomic E-state index is 10.4. The minimum absolute atomic E-state index is 0.405. The number of carbonyl (C=O) groups is 1. The molecular weight excluding hydrogens is 222 g/mol. The molecule has 12 heavy (non-hydrogen) atoms. The largest absolute Gasteiger partial charge is 0.378 e. The number of pyridine rings is 1. The van der Waals surface area contributed by atoms with Crippen molar-refractivity contribution in [2.45, 2.75) is 6.61 Å². The molecule has 1 aromatic heterocycles. The average Bonchev–Trinajstić information content (AvgIpc) is 2.09. The van der Waals surface area contributed by atoms with Crippen LogP contribution in [0.25, 0.3) is 0 Å². The van der Waals surface area contributed by atoms with Crippen molar-refractivity contribution < 1.29 is 9.53 Å². The van der Waals surface area contributed by atoms with Gasteiger partial charge in [-0.1, -0.05) is 0 Å². The number of hydrogen-bond donors (Lipinski definition) is 0. The molecule has 0 aliphatic carbocycles. The second-order valence-corrected chi connectivity index (χ2v) is 3.07. The molecule has 0 saturated heterocycles. The first-order chi connectivity index (χ1) is 5.77. The fourth-order valence-electron chi connectivity index (χ4n) is 0.805. The summed E-state index contributed by atoms with van der Waals surface area (Å²) < 4.78 is 5.76. The first kappa shape index (κ1) is 9.35. The molecule has 0 radical (unpaired) electrons. The van der Waals surface area contributed by atoms with Crippen molar-refractivity contribution in [3.8, 4) is 0 Å². The van der Waals surface area contributed by atoms with Gasteiger partial charge >= 0.3 is 0 Å². The standard InChI is InChI=1S/C8H8BrNO2/c1-12-5-8-7(9)3-2-6(4-11)10-8/h2-4H,5H2,1H3. The zero-order valence-corrected chi connectivity index (χ0v) is 8.17. The Morgan fingerprint density at radius 1 is 1.67 bits per heavy atom. The van der Waals surface area contributed by atoms with E-state index in [9.17, 15) is 4.79 Å². The molecule has 0 amide bonds. The lowest BCUT2D eigenvalue weighted by Crippen LogP contribution is -1.97. The molecule has 0 aromatic carbocycles. The molecule has 3 nitrogen and oxygen atoms in total. The topological polar surface area (TPSA) is 39.2 Å². The monoisotopic (exact) mass is 229 g/mol. The van der Waals surface area contributed by atoms with Crippen LogP contribution in [0.1, 0.15) is 16.2 Å². The summed E-state index contributed by atoms with van der Waals surface area (Å²) in [5, 5.41) is 0. The lowest BCUT2D eigenvalue weighted by molar-refractivity contribution is 0.111. The number of ether oxygens (including phenoxy) is 1. The Morgan fingerprint density at radius 2 is 2.42 bits per heavy atom. The first-order valence-electron chi connectivity index (χ1n) is 3.37. The van der Waals surface area contributed by atoms with Crippen LogP contribution >= 0.6 is 15.9 Å². The van der Waals surface area contributed by atoms with E-state index in [1.54, 1.807) is 19.2 Å². The summed E-state index contributed by atoms with van der Waals surface area (Å²) >= 11 is 3.30. The zero-order chi connectivity index (χ0) is 8.97. The molecule has 0 spiro atoms. The van der Waals surface area contributed by atoms with E-state index in [2.05, 4.69) is 20.9 Å². The summed E-state index contributed by atoms with van der Waals surface area (Å²) in [6, 6.07) is 3.43. The van der Waals surface area contributed by atoms with Gasteiger partial charge in [-0.15, -0.1) is 0 Å². The van der Waals surface area contributed by atoms with Crippen LogP contribution in [0.4, 0.5) is 0 Å². The van der Waals surface area contributed by atoms with Crippen LogP contribution in [0.5, 0.6) is 0 Å². The van der Waals surface area contributed by atoms with Crippen LogP contribution in [0.3, 0.4) is 0 Å². The van der Waals surface area contributed by atoms with Gasteiger partial charge in [-0.2, -0.15) is 0 Å². The maximum Gasteiger partial charge on any atom is 0.168 e. The van der Waals surface area contributed by atoms with Crippen LogP contribution < -0.4 is 0 Å². The van der Waals surface area contributed by atoms with E-state index < -0.39 is 0 Å². The number of aldehydes is 1. The molecule has 0 bridgehead atoms. The minimum atomic E-state index is 0.405. The molecule has 0 aliphatic heterocycles. The Balaban J connectivity index is 2.99. The summed E-state index contributed by atoms with van der Waals surface area (Å²) in [5.41, 5.74) is 1.16. The van der Waals surface area contributed by atoms with Gasteiger partial charge in [0.05, 0.1) is 12.3 Å². The van der Waals surface area contributed by atoms with E-state index in [1.807, 2.05) is 0 Å². The van der Waals surface area contributed by atoms with Gasteiger partial charge in [0.15, 0.2) is 6.29 Å². The third-order valence-electron chi connectivity index (χ3n) is 1.34. The molecule has 0 aliphatic rings. The van der Waals surface area contributed by atoms with Gasteiger partial charge in [0.1, 0.15) is 5.69 Å². The normalized spacial score (nSPS) is 9.83. The number of aromatic nitrogens is 1. The molecule has 0 unspecified atom stereocenters. The van der Waals surface area contributed by atoms with Gasteiger partial charge in [-0.3, -0.25) is 4.79 Å². The highest BCUT2D eigenvalue weighted by Crippen LogP contribution is 2.14. The zero-order valence-electron chi connectivity index (χ0n) is 6.58. The van der Waals surface area contributed by atoms with Crippen LogP contribution in [0, 0.1) is 0 Å². The smallest absolute Gasteiger partial charge is 0.168 e. The molecule has 4 heteroatoms. The van der Waals surface area contributed by atoms with Crippen molar-refractivity contribution in [2.24, 2.45) is 0 Å². The molecule has 0 fully saturated rings. The molecule has 1 heterocycles. The molecule has 0 atom stereocenters. The van der Waals surface area contributed by atoms with Gasteiger partial charge in [-0.05, 0) is 28.1 Å². The number of carbonyl (C=O) groups excluding carboxylic acids is 1. The predicted octanol–water partition coefficient (Wildman–Crippen LogP) is 1.80. The van der Waals surface area contributed by atoms with Gasteiger partial charge in [0.25, 0.3) is 0 Å². The Kier molecular flexibility index (Phi) is 3.37. The third-order valence-corrected chi connectivity index (χ3v) is 2.06.